The first-order chi connectivity index (χ1) is 12.6. The Morgan fingerprint density at radius 1 is 1.17 bits per heavy atom. The molecule has 4 nitrogen and oxygen atoms in total. The Morgan fingerprint density at radius 2 is 1.73 bits per heavy atom. The van der Waals surface area contributed by atoms with Gasteiger partial charge in [-0.05, 0) is 35.8 Å². The van der Waals surface area contributed by atoms with Crippen LogP contribution in [0.5, 0.6) is 0 Å². The number of ether oxygens (including phenoxy) is 1. The van der Waals surface area contributed by atoms with Crippen LogP contribution in [0.15, 0.2) is 24.3 Å². The number of hydrogen-bond donors (Lipinski definition) is 1. The first kappa shape index (κ1) is 30.9. The zero-order valence-corrected chi connectivity index (χ0v) is 18.2. The summed E-state index contributed by atoms with van der Waals surface area (Å²) >= 11 is 1.65. The third kappa shape index (κ3) is 8.81. The lowest BCUT2D eigenvalue weighted by Crippen LogP contribution is -2.47. The van der Waals surface area contributed by atoms with Gasteiger partial charge >= 0.3 is 0 Å². The minimum Gasteiger partial charge on any atom is -0.368 e. The molecule has 1 amide bonds. The van der Waals surface area contributed by atoms with Crippen LogP contribution in [0.3, 0.4) is 0 Å². The zero-order valence-electron chi connectivity index (χ0n) is 17.4. The molecule has 174 valence electrons. The van der Waals surface area contributed by atoms with Crippen molar-refractivity contribution in [2.45, 2.75) is 98.8 Å². The number of thioether (sulfide) groups is 1. The number of carbonyl (C=O) groups excluding carboxylic acids is 2. The zero-order chi connectivity index (χ0) is 20.2. The van der Waals surface area contributed by atoms with Gasteiger partial charge in [0, 0.05) is 5.75 Å². The summed E-state index contributed by atoms with van der Waals surface area (Å²) in [6, 6.07) is 8.12. The van der Waals surface area contributed by atoms with E-state index in [1.807, 2.05) is 6.92 Å². The first-order valence-electron chi connectivity index (χ1n) is 9.73. The molecule has 2 rings (SSSR count). The van der Waals surface area contributed by atoms with Crippen LogP contribution in [0.2, 0.25) is 0 Å². The maximum atomic E-state index is 12.8. The lowest BCUT2D eigenvalue weighted by molar-refractivity contribution is -0.126. The molecule has 1 saturated heterocycles. The van der Waals surface area contributed by atoms with Gasteiger partial charge in [0.25, 0.3) is 0 Å². The molecule has 5 heteroatoms. The minimum atomic E-state index is -0.515. The summed E-state index contributed by atoms with van der Waals surface area (Å²) in [5.74, 6) is 1.09. The van der Waals surface area contributed by atoms with Gasteiger partial charge in [0.1, 0.15) is 12.6 Å². The van der Waals surface area contributed by atoms with E-state index in [-0.39, 0.29) is 57.3 Å². The molecule has 1 aliphatic heterocycles. The molecule has 1 aromatic rings. The highest BCUT2D eigenvalue weighted by molar-refractivity contribution is 7.99. The molecule has 0 saturated carbocycles. The van der Waals surface area contributed by atoms with Crippen LogP contribution in [0, 0.1) is 5.92 Å². The number of benzene rings is 1. The van der Waals surface area contributed by atoms with Gasteiger partial charge in [-0.25, -0.2) is 0 Å². The normalized spacial score (nSPS) is 19.4. The Labute approximate surface area is 189 Å². The van der Waals surface area contributed by atoms with Gasteiger partial charge in [0.15, 0.2) is 5.78 Å². The molecule has 1 heterocycles. The van der Waals surface area contributed by atoms with Crippen molar-refractivity contribution in [3.8, 4) is 0 Å². The van der Waals surface area contributed by atoms with Gasteiger partial charge < -0.3 is 10.1 Å². The van der Waals surface area contributed by atoms with E-state index in [4.69, 9.17) is 4.74 Å². The largest absolute Gasteiger partial charge is 0.368 e. The topological polar surface area (TPSA) is 55.4 Å². The summed E-state index contributed by atoms with van der Waals surface area (Å²) in [6.45, 7) is 12.8. The van der Waals surface area contributed by atoms with Gasteiger partial charge in [-0.1, -0.05) is 81.2 Å². The molecule has 1 N–H and O–H groups in total. The number of rotatable bonds is 7. The monoisotopic (exact) mass is 439 g/mol. The molecule has 0 unspecified atom stereocenters. The van der Waals surface area contributed by atoms with E-state index in [0.717, 1.165) is 12.2 Å². The van der Waals surface area contributed by atoms with Crippen LogP contribution < -0.4 is 5.32 Å². The summed E-state index contributed by atoms with van der Waals surface area (Å²) in [5.41, 5.74) is 2.66. The molecule has 0 aliphatic carbocycles. The molecule has 3 atom stereocenters. The van der Waals surface area contributed by atoms with Crippen LogP contribution in [0.25, 0.3) is 0 Å². The van der Waals surface area contributed by atoms with Crippen LogP contribution in [-0.4, -0.2) is 35.7 Å². The summed E-state index contributed by atoms with van der Waals surface area (Å²) in [7, 11) is 0. The first-order valence-corrected chi connectivity index (χ1v) is 10.8. The van der Waals surface area contributed by atoms with Crippen LogP contribution in [0.4, 0.5) is 0 Å². The molecular weight excluding hydrogens is 394 g/mol. The number of Topliss-reactive ketones (excluding diaryl/α,β-unsaturated/α-hetero) is 1. The van der Waals surface area contributed by atoms with E-state index in [1.54, 1.807) is 11.8 Å². The Balaban J connectivity index is 0. The molecule has 1 aromatic carbocycles. The number of ketones is 1. The van der Waals surface area contributed by atoms with Crippen molar-refractivity contribution in [3.63, 3.8) is 0 Å². The van der Waals surface area contributed by atoms with E-state index in [2.05, 4.69) is 64.2 Å². The second-order valence-corrected chi connectivity index (χ2v) is 10.0. The van der Waals surface area contributed by atoms with Gasteiger partial charge in [-0.3, -0.25) is 9.59 Å². The maximum Gasteiger partial charge on any atom is 0.233 e. The fraction of sp³-hybridized carbons (Fsp3) is 0.680. The average molecular weight is 440 g/mol. The van der Waals surface area contributed by atoms with Gasteiger partial charge in [0.05, 0.1) is 11.4 Å². The van der Waals surface area contributed by atoms with Crippen molar-refractivity contribution < 1.29 is 14.3 Å². The number of hydrogen-bond acceptors (Lipinski definition) is 4. The van der Waals surface area contributed by atoms with Crippen molar-refractivity contribution in [3.05, 3.63) is 35.4 Å². The van der Waals surface area contributed by atoms with E-state index < -0.39 is 6.04 Å². The Hall–Kier alpha value is -1.33. The van der Waals surface area contributed by atoms with Gasteiger partial charge in [0.2, 0.25) is 5.91 Å². The van der Waals surface area contributed by atoms with E-state index in [1.165, 1.54) is 11.1 Å². The fourth-order valence-corrected chi connectivity index (χ4v) is 4.41. The summed E-state index contributed by atoms with van der Waals surface area (Å²) in [6.07, 6.45) is 0.531. The minimum absolute atomic E-state index is 0. The molecule has 30 heavy (non-hydrogen) atoms. The number of amides is 1. The van der Waals surface area contributed by atoms with Crippen LogP contribution in [0.1, 0.15) is 81.4 Å². The maximum absolute atomic E-state index is 12.8. The van der Waals surface area contributed by atoms with Gasteiger partial charge in [-0.15, -0.1) is 11.8 Å². The average Bonchev–Trinajstić information content (AvgIpc) is 2.89. The van der Waals surface area contributed by atoms with Crippen LogP contribution >= 0.6 is 11.8 Å². The summed E-state index contributed by atoms with van der Waals surface area (Å²) < 4.78 is 5.34. The molecule has 1 aliphatic rings. The molecule has 1 fully saturated rings. The highest BCUT2D eigenvalue weighted by Gasteiger charge is 2.35. The third-order valence-corrected chi connectivity index (χ3v) is 6.16. The van der Waals surface area contributed by atoms with Crippen LogP contribution in [-0.2, 0) is 25.5 Å². The third-order valence-electron chi connectivity index (χ3n) is 4.85. The predicted octanol–water partition coefficient (Wildman–Crippen LogP) is 6.01. The number of nitrogens with one attached hydrogen (secondary N) is 1. The fourth-order valence-electron chi connectivity index (χ4n) is 3.08. The Kier molecular flexibility index (Phi) is 13.5. The lowest BCUT2D eigenvalue weighted by Gasteiger charge is -2.22. The highest BCUT2D eigenvalue weighted by Crippen LogP contribution is 2.27. The van der Waals surface area contributed by atoms with E-state index in [0.29, 0.717) is 5.92 Å². The van der Waals surface area contributed by atoms with Gasteiger partial charge in [-0.2, -0.15) is 0 Å². The van der Waals surface area contributed by atoms with Crippen molar-refractivity contribution in [1.29, 1.82) is 0 Å². The molecule has 0 radical (unpaired) electrons. The lowest BCUT2D eigenvalue weighted by atomic mass is 9.87. The summed E-state index contributed by atoms with van der Waals surface area (Å²) in [5, 5.41) is 2.74. The van der Waals surface area contributed by atoms with Crippen molar-refractivity contribution in [2.24, 2.45) is 5.92 Å². The van der Waals surface area contributed by atoms with Crippen molar-refractivity contribution >= 4 is 23.5 Å². The second-order valence-electron chi connectivity index (χ2n) is 8.84. The Bertz CT molecular complexity index is 649. The summed E-state index contributed by atoms with van der Waals surface area (Å²) in [4.78, 5) is 24.7. The SMILES string of the molecule is C.C.C.CC(C)C[C@@H](SCc1ccc(C(C)(C)C)cc1)C(=O)N[C@H]1C(=O)CO[C@@H]1C. The molecule has 0 spiro atoms. The van der Waals surface area contributed by atoms with Crippen molar-refractivity contribution in [1.82, 2.24) is 5.32 Å². The van der Waals surface area contributed by atoms with E-state index >= 15 is 0 Å². The standard InChI is InChI=1S/C22H33NO3S.3CH4/c1-14(2)11-19(21(25)23-20-15(3)26-12-18(20)24)27-13-16-7-9-17(10-8-16)22(4,5)6;;;/h7-10,14-15,19-20H,11-13H2,1-6H3,(H,23,25);3*1H4/t15-,19-,20-;;;/m1.../s1. The van der Waals surface area contributed by atoms with E-state index in [9.17, 15) is 9.59 Å². The number of carbonyl (C=O) groups is 2. The quantitative estimate of drug-likeness (QED) is 0.565. The van der Waals surface area contributed by atoms with Crippen molar-refractivity contribution in [2.75, 3.05) is 6.61 Å². The predicted molar refractivity (Wildman–Crippen MR) is 132 cm³/mol. The molecule has 0 bridgehead atoms. The molecular formula is C25H45NO3S. The molecule has 0 aromatic heterocycles. The second kappa shape index (κ2) is 13.2. The smallest absolute Gasteiger partial charge is 0.233 e. The Morgan fingerprint density at radius 3 is 2.17 bits per heavy atom. The highest BCUT2D eigenvalue weighted by atomic mass is 32.2.